The zero-order valence-corrected chi connectivity index (χ0v) is 51.5. The first-order chi connectivity index (χ1) is 43.1. The minimum Gasteiger partial charge on any atom is -0.493 e. The first kappa shape index (κ1) is 73.8. The molecule has 1 fully saturated rings. The van der Waals surface area contributed by atoms with Crippen LogP contribution in [0.5, 0.6) is 28.7 Å². The first-order valence-corrected chi connectivity index (χ1v) is 30.4. The molecule has 1 unspecified atom stereocenters. The number of aliphatic hydroxyl groups is 3. The van der Waals surface area contributed by atoms with Crippen LogP contribution < -0.4 is 50.7 Å². The topological polar surface area (TPSA) is 363 Å². The molecule has 3 heterocycles. The van der Waals surface area contributed by atoms with Gasteiger partial charge in [0.15, 0.2) is 34.9 Å². The number of nitrogens with one attached hydrogen (secondary N) is 4. The van der Waals surface area contributed by atoms with Gasteiger partial charge in [0.2, 0.25) is 18.1 Å². The molecule has 25 nitrogen and oxygen atoms in total. The predicted molar refractivity (Wildman–Crippen MR) is 348 cm³/mol. The molecular weight excluding hydrogens is 1210 g/mol. The number of ether oxygens (including phenoxy) is 6. The van der Waals surface area contributed by atoms with E-state index in [9.17, 15) is 54.0 Å². The number of carbonyl (C=O) groups excluding carboxylic acids is 5. The molecule has 0 aliphatic carbocycles. The average molecular weight is 1300 g/mol. The second kappa shape index (κ2) is 34.5. The molecule has 496 valence electrons. The van der Waals surface area contributed by atoms with Crippen molar-refractivity contribution in [2.24, 2.45) is 5.73 Å². The number of hydrogen-bond acceptors (Lipinski definition) is 19. The highest BCUT2D eigenvalue weighted by Gasteiger charge is 2.48. The van der Waals surface area contributed by atoms with Crippen LogP contribution in [-0.4, -0.2) is 174 Å². The van der Waals surface area contributed by atoms with Gasteiger partial charge in [0.1, 0.15) is 37.2 Å². The number of thioether (sulfide) groups is 1. The van der Waals surface area contributed by atoms with Crippen LogP contribution in [0.25, 0.3) is 10.9 Å². The summed E-state index contributed by atoms with van der Waals surface area (Å²) < 4.78 is 34.3. The third kappa shape index (κ3) is 19.1. The lowest BCUT2D eigenvalue weighted by molar-refractivity contribution is -0.955. The number of carboxylic acid groups (broad SMARTS) is 2. The minimum absolute atomic E-state index is 0. The van der Waals surface area contributed by atoms with Gasteiger partial charge in [-0.25, -0.2) is 4.79 Å². The molecule has 26 heteroatoms. The number of pyridine rings is 1. The van der Waals surface area contributed by atoms with Gasteiger partial charge in [-0.05, 0) is 90.7 Å². The minimum atomic E-state index is -2.00. The van der Waals surface area contributed by atoms with Crippen molar-refractivity contribution in [3.63, 3.8) is 0 Å². The number of aliphatic carboxylic acids is 2. The van der Waals surface area contributed by atoms with Crippen LogP contribution in [0.4, 0.5) is 17.1 Å². The van der Waals surface area contributed by atoms with Crippen LogP contribution in [0, 0.1) is 0 Å². The van der Waals surface area contributed by atoms with Crippen molar-refractivity contribution < 1.29 is 92.0 Å². The number of nitrogens with two attached hydrogens (primary N) is 1. The fourth-order valence-electron chi connectivity index (χ4n) is 10.5. The number of Topliss-reactive ketones (excluding diaryl/α,β-unsaturated/α-hetero) is 1. The number of quaternary nitrogens is 1. The summed E-state index contributed by atoms with van der Waals surface area (Å²) in [5.41, 5.74) is 11.2. The number of anilines is 3. The molecule has 1 saturated heterocycles. The van der Waals surface area contributed by atoms with E-state index in [2.05, 4.69) is 26.3 Å². The zero-order valence-electron chi connectivity index (χ0n) is 50.7. The quantitative estimate of drug-likeness (QED) is 0.0243. The van der Waals surface area contributed by atoms with Crippen molar-refractivity contribution in [3.05, 3.63) is 137 Å². The highest BCUT2D eigenvalue weighted by molar-refractivity contribution is 7.97. The van der Waals surface area contributed by atoms with E-state index in [1.54, 1.807) is 56.3 Å². The molecule has 8 rings (SSSR count). The SMILES string of the molecule is C.C.COc1cc2c(cc1OC)C[N+](CCc1ccc(NC(=O)c3cc(OC)c(OC)cc3NC(=O)c3cnc4ccccc4c3)cc1)(Cc1ccc(O[C@@H]3O[C@H](C(=O)O)[C@@H](O)[C@H](O)[C@H]3O)c(NC(=O)CCCC(=O)[C@H](CN)NC(=O)CCC(=O)O)c1)CC2.CSC. The van der Waals surface area contributed by atoms with Gasteiger partial charge >= 0.3 is 11.9 Å². The van der Waals surface area contributed by atoms with Gasteiger partial charge in [-0.2, -0.15) is 11.8 Å². The fraction of sp³-hybridized carbons (Fsp3) is 0.394. The Morgan fingerprint density at radius 3 is 1.98 bits per heavy atom. The first-order valence-electron chi connectivity index (χ1n) is 28.7. The maximum absolute atomic E-state index is 14.1. The summed E-state index contributed by atoms with van der Waals surface area (Å²) in [5, 5.41) is 62.4. The number of carbonyl (C=O) groups is 7. The van der Waals surface area contributed by atoms with Crippen LogP contribution in [0.1, 0.15) is 89.9 Å². The number of carboxylic acids is 2. The highest BCUT2D eigenvalue weighted by Crippen LogP contribution is 2.39. The van der Waals surface area contributed by atoms with E-state index in [-0.39, 0.29) is 86.8 Å². The van der Waals surface area contributed by atoms with Crippen molar-refractivity contribution in [2.75, 3.05) is 76.5 Å². The van der Waals surface area contributed by atoms with Crippen molar-refractivity contribution in [3.8, 4) is 28.7 Å². The van der Waals surface area contributed by atoms with E-state index in [0.29, 0.717) is 71.8 Å². The van der Waals surface area contributed by atoms with Gasteiger partial charge < -0.3 is 85.4 Å². The van der Waals surface area contributed by atoms with E-state index >= 15 is 0 Å². The Bertz CT molecular complexity index is 3560. The van der Waals surface area contributed by atoms with Crippen molar-refractivity contribution in [1.82, 2.24) is 10.3 Å². The third-order valence-corrected chi connectivity index (χ3v) is 15.3. The maximum atomic E-state index is 14.1. The Balaban J connectivity index is 0.00000301. The summed E-state index contributed by atoms with van der Waals surface area (Å²) in [6, 6.07) is 27.1. The molecule has 0 saturated carbocycles. The van der Waals surface area contributed by atoms with Gasteiger partial charge in [-0.3, -0.25) is 33.8 Å². The lowest BCUT2D eigenvalue weighted by Crippen LogP contribution is -2.61. The summed E-state index contributed by atoms with van der Waals surface area (Å²) in [7, 11) is 6.00. The molecule has 6 aromatic rings. The zero-order chi connectivity index (χ0) is 65.2. The van der Waals surface area contributed by atoms with E-state index in [4.69, 9.17) is 39.3 Å². The lowest BCUT2D eigenvalue weighted by Gasteiger charge is -2.43. The number of nitrogens with zero attached hydrogens (tertiary/aromatic N) is 2. The molecule has 92 heavy (non-hydrogen) atoms. The highest BCUT2D eigenvalue weighted by atomic mass is 32.2. The molecule has 4 amide bonds. The Morgan fingerprint density at radius 1 is 0.685 bits per heavy atom. The van der Waals surface area contributed by atoms with E-state index in [1.165, 1.54) is 38.6 Å². The Kier molecular flexibility index (Phi) is 27.7. The van der Waals surface area contributed by atoms with Gasteiger partial charge in [0.25, 0.3) is 11.8 Å². The normalized spacial score (nSPS) is 18.3. The second-order valence-corrected chi connectivity index (χ2v) is 22.4. The Morgan fingerprint density at radius 2 is 1.33 bits per heavy atom. The van der Waals surface area contributed by atoms with Crippen molar-refractivity contribution in [1.29, 1.82) is 0 Å². The average Bonchev–Trinajstić information content (AvgIpc) is 0.794. The molecular formula is C66H84N7O18S+. The Labute approximate surface area is 538 Å². The third-order valence-electron chi connectivity index (χ3n) is 15.3. The number of para-hydroxylation sites is 1. The van der Waals surface area contributed by atoms with E-state index in [0.717, 1.165) is 22.1 Å². The number of aliphatic hydroxyl groups excluding tert-OH is 3. The number of fused-ring (bicyclic) bond motifs is 2. The molecule has 0 spiro atoms. The standard InChI is InChI=1S/C62H69N7O18.C2H6S.2CH4/c1-82-48-26-36-21-23-69(33-39(36)27-49(48)83-2,22-20-34-12-15-40(16-13-34)65-60(79)41-28-50(84-3)51(85-4)29-43(41)68-59(78)38-25-37-8-5-6-9-42(37)64-31-38)32-35-14-17-47(86-62-57(77)55(75)56(76)58(87-62)61(80)81)44(24-35)66-52(71)11-7-10-46(70)45(30-63)67-53(72)18-19-54(73)74;1-3-2;;/h5-6,8-9,12-17,24-29,31,45,55-58,62,75-77H,7,10-11,18-23,30,32-33,63H2,1-4H3,(H5-,65,66,67,68,71,72,73,74,78,79,80,81);1-2H3;2*1H4/p+1/t45-,55-,56-,57+,58-,62+,69?;;;/m0.../s1. The molecule has 1 aromatic heterocycles. The summed E-state index contributed by atoms with van der Waals surface area (Å²) in [6.45, 7) is 1.82. The van der Waals surface area contributed by atoms with Crippen LogP contribution in [-0.2, 0) is 54.6 Å². The summed E-state index contributed by atoms with van der Waals surface area (Å²) in [6.07, 6.45) is -4.22. The number of amides is 4. The lowest BCUT2D eigenvalue weighted by atomic mass is 9.94. The molecule has 0 radical (unpaired) electrons. The van der Waals surface area contributed by atoms with Gasteiger partial charge in [0.05, 0.1) is 82.0 Å². The summed E-state index contributed by atoms with van der Waals surface area (Å²) in [4.78, 5) is 94.3. The fourth-order valence-corrected chi connectivity index (χ4v) is 10.5. The van der Waals surface area contributed by atoms with Crippen molar-refractivity contribution in [2.45, 2.75) is 110 Å². The molecule has 0 bridgehead atoms. The molecule has 11 N–H and O–H groups in total. The number of ketones is 1. The monoisotopic (exact) mass is 1290 g/mol. The van der Waals surface area contributed by atoms with Gasteiger partial charge in [-0.1, -0.05) is 45.2 Å². The maximum Gasteiger partial charge on any atom is 0.335 e. The number of benzene rings is 5. The van der Waals surface area contributed by atoms with Crippen LogP contribution in [0.15, 0.2) is 103 Å². The largest absolute Gasteiger partial charge is 0.493 e. The smallest absolute Gasteiger partial charge is 0.335 e. The molecule has 5 aromatic carbocycles. The number of rotatable bonds is 27. The van der Waals surface area contributed by atoms with Crippen LogP contribution in [0.2, 0.25) is 0 Å². The predicted octanol–water partition coefficient (Wildman–Crippen LogP) is 6.60. The molecule has 2 aliphatic heterocycles. The van der Waals surface area contributed by atoms with E-state index < -0.39 is 84.5 Å². The summed E-state index contributed by atoms with van der Waals surface area (Å²) >= 11 is 1.75. The van der Waals surface area contributed by atoms with Gasteiger partial charge in [0, 0.05) is 73.1 Å². The van der Waals surface area contributed by atoms with Crippen LogP contribution >= 0.6 is 11.8 Å². The number of methoxy groups -OCH3 is 4. The van der Waals surface area contributed by atoms with Gasteiger partial charge in [-0.15, -0.1) is 0 Å². The Hall–Kier alpha value is -8.89. The van der Waals surface area contributed by atoms with Crippen molar-refractivity contribution >= 4 is 81.1 Å². The summed E-state index contributed by atoms with van der Waals surface area (Å²) in [5.74, 6) is -4.04. The molecule has 7 atom stereocenters. The number of hydrogen-bond donors (Lipinski definition) is 10. The van der Waals surface area contributed by atoms with E-state index in [1.807, 2.05) is 61.0 Å². The molecule has 2 aliphatic rings. The number of aromatic nitrogens is 1. The second-order valence-electron chi connectivity index (χ2n) is 21.6. The van der Waals surface area contributed by atoms with Crippen LogP contribution in [0.3, 0.4) is 0 Å².